The van der Waals surface area contributed by atoms with Crippen LogP contribution in [0.2, 0.25) is 0 Å². The van der Waals surface area contributed by atoms with Gasteiger partial charge in [0.1, 0.15) is 11.5 Å². The molecule has 0 atom stereocenters. The summed E-state index contributed by atoms with van der Waals surface area (Å²) in [6.45, 7) is 5.27. The number of hydrogen-bond acceptors (Lipinski definition) is 5. The van der Waals surface area contributed by atoms with Crippen molar-refractivity contribution in [3.63, 3.8) is 0 Å². The molecule has 0 aliphatic heterocycles. The largest absolute Gasteiger partial charge is 0.507 e. The fraction of sp³-hybridized carbons (Fsp3) is 0.429. The molecule has 20 heavy (non-hydrogen) atoms. The molecule has 2 N–H and O–H groups in total. The van der Waals surface area contributed by atoms with Gasteiger partial charge >= 0.3 is 0 Å². The molecule has 1 rings (SSSR count). The van der Waals surface area contributed by atoms with E-state index in [4.69, 9.17) is 0 Å². The average molecular weight is 281 g/mol. The molecule has 1 aromatic rings. The molecule has 0 fully saturated rings. The van der Waals surface area contributed by atoms with Gasteiger partial charge in [-0.05, 0) is 44.7 Å². The fourth-order valence-electron chi connectivity index (χ4n) is 1.89. The Hall–Kier alpha value is -2.24. The minimum Gasteiger partial charge on any atom is -0.507 e. The molecular formula is C14H19NO5. The molecule has 0 bridgehead atoms. The summed E-state index contributed by atoms with van der Waals surface area (Å²) in [4.78, 5) is 14.1. The van der Waals surface area contributed by atoms with Crippen LogP contribution in [0.5, 0.6) is 11.5 Å². The van der Waals surface area contributed by atoms with Crippen molar-refractivity contribution in [2.24, 2.45) is 0 Å². The summed E-state index contributed by atoms with van der Waals surface area (Å²) >= 11 is 0. The van der Waals surface area contributed by atoms with Gasteiger partial charge in [0.05, 0.1) is 6.61 Å². The molecule has 110 valence electrons. The van der Waals surface area contributed by atoms with Crippen LogP contribution in [0.4, 0.5) is 0 Å². The maximum atomic E-state index is 10.1. The lowest BCUT2D eigenvalue weighted by atomic mass is 9.97. The third kappa shape index (κ3) is 3.63. The topological polar surface area (TPSA) is 92.8 Å². The number of hydrogen-bond donors (Lipinski definition) is 2. The van der Waals surface area contributed by atoms with Gasteiger partial charge in [-0.2, -0.15) is 0 Å². The van der Waals surface area contributed by atoms with Crippen LogP contribution in [0.25, 0.3) is 6.08 Å². The second kappa shape index (κ2) is 6.79. The molecule has 0 aliphatic rings. The number of allylic oxidation sites excluding steroid dienone is 1. The molecule has 0 saturated carbocycles. The van der Waals surface area contributed by atoms with Crippen LogP contribution in [0.15, 0.2) is 6.08 Å². The highest BCUT2D eigenvalue weighted by atomic mass is 16.9. The zero-order valence-corrected chi connectivity index (χ0v) is 11.8. The molecular weight excluding hydrogens is 262 g/mol. The number of benzene rings is 1. The standard InChI is InChI=1S/C14H19NO5/c1-9-10(2)14(17)12(11(3)13(9)16)7-5-4-6-8-20-15(18)19/h5,7,16-17H,4,6,8H2,1-3H3. The van der Waals surface area contributed by atoms with Gasteiger partial charge in [-0.1, -0.05) is 12.2 Å². The first-order valence-corrected chi connectivity index (χ1v) is 6.31. The first-order valence-electron chi connectivity index (χ1n) is 6.31. The van der Waals surface area contributed by atoms with Crippen molar-refractivity contribution in [3.05, 3.63) is 38.4 Å². The molecule has 0 spiro atoms. The lowest BCUT2D eigenvalue weighted by molar-refractivity contribution is -0.757. The van der Waals surface area contributed by atoms with Gasteiger partial charge < -0.3 is 15.1 Å². The Labute approximate surface area is 117 Å². The van der Waals surface area contributed by atoms with Crippen LogP contribution in [0.3, 0.4) is 0 Å². The molecule has 0 aliphatic carbocycles. The van der Waals surface area contributed by atoms with E-state index < -0.39 is 5.09 Å². The number of phenolic OH excluding ortho intramolecular Hbond substituents is 2. The van der Waals surface area contributed by atoms with Crippen molar-refractivity contribution in [1.29, 1.82) is 0 Å². The van der Waals surface area contributed by atoms with Crippen molar-refractivity contribution >= 4 is 6.08 Å². The van der Waals surface area contributed by atoms with E-state index in [0.29, 0.717) is 35.1 Å². The molecule has 0 heterocycles. The summed E-state index contributed by atoms with van der Waals surface area (Å²) in [5, 5.41) is 29.2. The van der Waals surface area contributed by atoms with E-state index in [2.05, 4.69) is 4.84 Å². The molecule has 0 amide bonds. The van der Waals surface area contributed by atoms with Gasteiger partial charge in [0.15, 0.2) is 0 Å². The minimum atomic E-state index is -0.818. The van der Waals surface area contributed by atoms with Crippen LogP contribution in [-0.2, 0) is 4.84 Å². The SMILES string of the molecule is Cc1c(C)c(O)c(C=CCCCO[N+](=O)[O-])c(C)c1O. The third-order valence-electron chi connectivity index (χ3n) is 3.28. The van der Waals surface area contributed by atoms with Gasteiger partial charge in [0.25, 0.3) is 5.09 Å². The summed E-state index contributed by atoms with van der Waals surface area (Å²) in [5.74, 6) is 0.326. The summed E-state index contributed by atoms with van der Waals surface area (Å²) < 4.78 is 0. The monoisotopic (exact) mass is 281 g/mol. The normalized spacial score (nSPS) is 10.9. The molecule has 0 unspecified atom stereocenters. The van der Waals surface area contributed by atoms with Gasteiger partial charge in [0.2, 0.25) is 0 Å². The minimum absolute atomic E-state index is 0.0421. The summed E-state index contributed by atoms with van der Waals surface area (Å²) in [5.41, 5.74) is 2.49. The number of aromatic hydroxyl groups is 2. The van der Waals surface area contributed by atoms with Gasteiger partial charge in [-0.15, -0.1) is 10.1 Å². The Balaban J connectivity index is 2.75. The number of nitrogens with zero attached hydrogens (tertiary/aromatic N) is 1. The van der Waals surface area contributed by atoms with E-state index in [0.717, 1.165) is 0 Å². The van der Waals surface area contributed by atoms with Crippen LogP contribution >= 0.6 is 0 Å². The first kappa shape index (κ1) is 15.8. The van der Waals surface area contributed by atoms with Gasteiger partial charge in [0, 0.05) is 11.1 Å². The predicted octanol–water partition coefficient (Wildman–Crippen LogP) is 3.02. The van der Waals surface area contributed by atoms with Crippen molar-refractivity contribution < 1.29 is 20.1 Å². The third-order valence-corrected chi connectivity index (χ3v) is 3.28. The van der Waals surface area contributed by atoms with E-state index in [1.165, 1.54) is 0 Å². The summed E-state index contributed by atoms with van der Waals surface area (Å²) in [7, 11) is 0. The van der Waals surface area contributed by atoms with E-state index in [1.807, 2.05) is 0 Å². The van der Waals surface area contributed by atoms with Gasteiger partial charge in [-0.3, -0.25) is 0 Å². The van der Waals surface area contributed by atoms with Crippen molar-refractivity contribution in [1.82, 2.24) is 0 Å². The molecule has 0 aromatic heterocycles. The zero-order chi connectivity index (χ0) is 15.3. The van der Waals surface area contributed by atoms with Gasteiger partial charge in [-0.25, -0.2) is 0 Å². The maximum absolute atomic E-state index is 10.1. The van der Waals surface area contributed by atoms with Crippen molar-refractivity contribution in [2.45, 2.75) is 33.6 Å². The second-order valence-electron chi connectivity index (χ2n) is 4.59. The number of rotatable bonds is 6. The lowest BCUT2D eigenvalue weighted by Gasteiger charge is -2.13. The Morgan fingerprint density at radius 1 is 1.15 bits per heavy atom. The highest BCUT2D eigenvalue weighted by Gasteiger charge is 2.14. The highest BCUT2D eigenvalue weighted by Crippen LogP contribution is 2.36. The van der Waals surface area contributed by atoms with Crippen LogP contribution in [-0.4, -0.2) is 21.9 Å². The lowest BCUT2D eigenvalue weighted by Crippen LogP contribution is -2.01. The molecule has 0 radical (unpaired) electrons. The number of phenols is 2. The second-order valence-corrected chi connectivity index (χ2v) is 4.59. The smallest absolute Gasteiger partial charge is 0.294 e. The van der Waals surface area contributed by atoms with E-state index in [1.54, 1.807) is 32.9 Å². The quantitative estimate of drug-likeness (QED) is 0.362. The predicted molar refractivity (Wildman–Crippen MR) is 75.2 cm³/mol. The van der Waals surface area contributed by atoms with Crippen molar-refractivity contribution in [3.8, 4) is 11.5 Å². The molecule has 0 saturated heterocycles. The van der Waals surface area contributed by atoms with E-state index >= 15 is 0 Å². The molecule has 6 heteroatoms. The zero-order valence-electron chi connectivity index (χ0n) is 11.8. The van der Waals surface area contributed by atoms with Crippen molar-refractivity contribution in [2.75, 3.05) is 6.61 Å². The van der Waals surface area contributed by atoms with Crippen LogP contribution in [0.1, 0.15) is 35.1 Å². The highest BCUT2D eigenvalue weighted by molar-refractivity contribution is 5.68. The Kier molecular flexibility index (Phi) is 5.37. The first-order chi connectivity index (χ1) is 9.36. The Bertz CT molecular complexity index is 508. The maximum Gasteiger partial charge on any atom is 0.294 e. The average Bonchev–Trinajstić information content (AvgIpc) is 2.41. The molecule has 6 nitrogen and oxygen atoms in total. The van der Waals surface area contributed by atoms with Crippen LogP contribution < -0.4 is 0 Å². The van der Waals surface area contributed by atoms with Crippen LogP contribution in [0, 0.1) is 30.9 Å². The Morgan fingerprint density at radius 3 is 2.35 bits per heavy atom. The molecule has 1 aromatic carbocycles. The Morgan fingerprint density at radius 2 is 1.75 bits per heavy atom. The van der Waals surface area contributed by atoms with E-state index in [-0.39, 0.29) is 18.1 Å². The summed E-state index contributed by atoms with van der Waals surface area (Å²) in [6.07, 6.45) is 4.59. The number of unbranched alkanes of at least 4 members (excludes halogenated alkanes) is 1. The van der Waals surface area contributed by atoms with E-state index in [9.17, 15) is 20.3 Å². The fourth-order valence-corrected chi connectivity index (χ4v) is 1.89. The summed E-state index contributed by atoms with van der Waals surface area (Å²) in [6, 6.07) is 0.